The molecule has 1 saturated heterocycles. The molecule has 1 aliphatic rings. The van der Waals surface area contributed by atoms with Crippen molar-refractivity contribution in [2.45, 2.75) is 6.54 Å². The summed E-state index contributed by atoms with van der Waals surface area (Å²) in [5.41, 5.74) is 2.02. The second kappa shape index (κ2) is 9.85. The number of halogens is 1. The third-order valence-corrected chi connectivity index (χ3v) is 5.48. The average molecular weight is 418 g/mol. The standard InChI is InChI=1S/C22H28ClN3O3/c1-24(15-17-7-6-10-20(28-2)22(17)29-3)16-21(27)26-13-11-25(12-14-26)19-9-5-4-8-18(19)23/h4-10H,11-16H2,1-3H3. The first-order valence-electron chi connectivity index (χ1n) is 9.69. The maximum absolute atomic E-state index is 12.8. The second-order valence-electron chi connectivity index (χ2n) is 7.14. The van der Waals surface area contributed by atoms with Crippen molar-refractivity contribution in [1.29, 1.82) is 0 Å². The Bertz CT molecular complexity index is 838. The van der Waals surface area contributed by atoms with E-state index < -0.39 is 0 Å². The van der Waals surface area contributed by atoms with E-state index in [0.717, 1.165) is 29.4 Å². The molecule has 0 radical (unpaired) electrons. The van der Waals surface area contributed by atoms with Gasteiger partial charge in [0.15, 0.2) is 11.5 Å². The van der Waals surface area contributed by atoms with Crippen molar-refractivity contribution in [3.63, 3.8) is 0 Å². The molecule has 1 amide bonds. The number of para-hydroxylation sites is 2. The number of carbonyl (C=O) groups excluding carboxylic acids is 1. The highest BCUT2D eigenvalue weighted by Gasteiger charge is 2.23. The molecule has 0 aromatic heterocycles. The van der Waals surface area contributed by atoms with E-state index in [1.807, 2.05) is 59.3 Å². The van der Waals surface area contributed by atoms with Gasteiger partial charge >= 0.3 is 0 Å². The molecule has 0 saturated carbocycles. The van der Waals surface area contributed by atoms with Gasteiger partial charge in [-0.3, -0.25) is 9.69 Å². The van der Waals surface area contributed by atoms with Crippen LogP contribution < -0.4 is 14.4 Å². The first kappa shape index (κ1) is 21.3. The van der Waals surface area contributed by atoms with Gasteiger partial charge < -0.3 is 19.3 Å². The molecule has 0 unspecified atom stereocenters. The van der Waals surface area contributed by atoms with Gasteiger partial charge in [0, 0.05) is 38.3 Å². The summed E-state index contributed by atoms with van der Waals surface area (Å²) in [6.07, 6.45) is 0. The largest absolute Gasteiger partial charge is 0.493 e. The second-order valence-corrected chi connectivity index (χ2v) is 7.55. The lowest BCUT2D eigenvalue weighted by Crippen LogP contribution is -2.51. The summed E-state index contributed by atoms with van der Waals surface area (Å²) in [6.45, 7) is 3.91. The van der Waals surface area contributed by atoms with E-state index in [4.69, 9.17) is 21.1 Å². The molecule has 7 heteroatoms. The fourth-order valence-corrected chi connectivity index (χ4v) is 3.92. The monoisotopic (exact) mass is 417 g/mol. The Morgan fingerprint density at radius 1 is 1.03 bits per heavy atom. The molecule has 29 heavy (non-hydrogen) atoms. The number of likely N-dealkylation sites (N-methyl/N-ethyl adjacent to an activating group) is 1. The number of hydrogen-bond acceptors (Lipinski definition) is 5. The van der Waals surface area contributed by atoms with Gasteiger partial charge in [0.2, 0.25) is 5.91 Å². The van der Waals surface area contributed by atoms with Crippen molar-refractivity contribution in [2.24, 2.45) is 0 Å². The van der Waals surface area contributed by atoms with Crippen LogP contribution in [0.3, 0.4) is 0 Å². The van der Waals surface area contributed by atoms with Gasteiger partial charge in [0.1, 0.15) is 0 Å². The third kappa shape index (κ3) is 5.14. The predicted molar refractivity (Wildman–Crippen MR) is 116 cm³/mol. The number of benzene rings is 2. The van der Waals surface area contributed by atoms with Crippen molar-refractivity contribution < 1.29 is 14.3 Å². The molecular formula is C22H28ClN3O3. The zero-order valence-electron chi connectivity index (χ0n) is 17.2. The number of methoxy groups -OCH3 is 2. The number of anilines is 1. The van der Waals surface area contributed by atoms with Gasteiger partial charge in [-0.05, 0) is 25.2 Å². The maximum atomic E-state index is 12.8. The first-order valence-corrected chi connectivity index (χ1v) is 10.1. The van der Waals surface area contributed by atoms with E-state index in [9.17, 15) is 4.79 Å². The van der Waals surface area contributed by atoms with Gasteiger partial charge in [0.25, 0.3) is 0 Å². The number of rotatable bonds is 7. The minimum atomic E-state index is 0.133. The lowest BCUT2D eigenvalue weighted by atomic mass is 10.1. The van der Waals surface area contributed by atoms with E-state index in [1.54, 1.807) is 14.2 Å². The van der Waals surface area contributed by atoms with E-state index in [0.29, 0.717) is 37.7 Å². The first-order chi connectivity index (χ1) is 14.0. The van der Waals surface area contributed by atoms with Crippen LogP contribution in [0, 0.1) is 0 Å². The Hall–Kier alpha value is -2.44. The zero-order valence-corrected chi connectivity index (χ0v) is 18.0. The molecule has 0 bridgehead atoms. The van der Waals surface area contributed by atoms with Crippen LogP contribution in [0.25, 0.3) is 0 Å². The Balaban J connectivity index is 1.54. The van der Waals surface area contributed by atoms with Crippen molar-refractivity contribution in [1.82, 2.24) is 9.80 Å². The SMILES string of the molecule is COc1cccc(CN(C)CC(=O)N2CCN(c3ccccc3Cl)CC2)c1OC. The van der Waals surface area contributed by atoms with Crippen LogP contribution in [0.2, 0.25) is 5.02 Å². The topological polar surface area (TPSA) is 45.2 Å². The average Bonchev–Trinajstić information content (AvgIpc) is 2.74. The third-order valence-electron chi connectivity index (χ3n) is 5.16. The van der Waals surface area contributed by atoms with Gasteiger partial charge in [-0.25, -0.2) is 0 Å². The summed E-state index contributed by atoms with van der Waals surface area (Å²) in [4.78, 5) is 18.9. The highest BCUT2D eigenvalue weighted by molar-refractivity contribution is 6.33. The highest BCUT2D eigenvalue weighted by Crippen LogP contribution is 2.31. The zero-order chi connectivity index (χ0) is 20.8. The number of hydrogen-bond donors (Lipinski definition) is 0. The number of piperazine rings is 1. The number of amides is 1. The smallest absolute Gasteiger partial charge is 0.236 e. The van der Waals surface area contributed by atoms with Crippen molar-refractivity contribution >= 4 is 23.2 Å². The van der Waals surface area contributed by atoms with Crippen LogP contribution in [-0.4, -0.2) is 69.7 Å². The number of ether oxygens (including phenoxy) is 2. The summed E-state index contributed by atoms with van der Waals surface area (Å²) in [5.74, 6) is 1.54. The minimum Gasteiger partial charge on any atom is -0.493 e. The molecule has 156 valence electrons. The van der Waals surface area contributed by atoms with Gasteiger partial charge in [-0.2, -0.15) is 0 Å². The summed E-state index contributed by atoms with van der Waals surface area (Å²) < 4.78 is 10.8. The van der Waals surface area contributed by atoms with E-state index in [-0.39, 0.29) is 5.91 Å². The molecule has 2 aromatic rings. The predicted octanol–water partition coefficient (Wildman–Crippen LogP) is 3.14. The van der Waals surface area contributed by atoms with Gasteiger partial charge in [-0.15, -0.1) is 0 Å². The molecule has 0 atom stereocenters. The number of carbonyl (C=O) groups is 1. The fourth-order valence-electron chi connectivity index (χ4n) is 3.66. The van der Waals surface area contributed by atoms with Crippen molar-refractivity contribution in [2.75, 3.05) is 58.9 Å². The molecular weight excluding hydrogens is 390 g/mol. The Labute approximate surface area is 177 Å². The van der Waals surface area contributed by atoms with Crippen LogP contribution in [0.1, 0.15) is 5.56 Å². The quantitative estimate of drug-likeness (QED) is 0.692. The van der Waals surface area contributed by atoms with Crippen LogP contribution in [0.15, 0.2) is 42.5 Å². The van der Waals surface area contributed by atoms with Crippen LogP contribution in [-0.2, 0) is 11.3 Å². The maximum Gasteiger partial charge on any atom is 0.236 e. The number of nitrogens with zero attached hydrogens (tertiary/aromatic N) is 3. The van der Waals surface area contributed by atoms with E-state index in [2.05, 4.69) is 4.90 Å². The van der Waals surface area contributed by atoms with E-state index in [1.165, 1.54) is 0 Å². The van der Waals surface area contributed by atoms with E-state index >= 15 is 0 Å². The molecule has 2 aromatic carbocycles. The summed E-state index contributed by atoms with van der Waals surface area (Å²) in [7, 11) is 5.19. The Morgan fingerprint density at radius 3 is 2.41 bits per heavy atom. The van der Waals surface area contributed by atoms with Crippen LogP contribution in [0.5, 0.6) is 11.5 Å². The molecule has 0 spiro atoms. The Morgan fingerprint density at radius 2 is 1.76 bits per heavy atom. The summed E-state index contributed by atoms with van der Waals surface area (Å²) >= 11 is 6.30. The lowest BCUT2D eigenvalue weighted by molar-refractivity contribution is -0.132. The normalized spacial score (nSPS) is 14.2. The molecule has 0 aliphatic carbocycles. The van der Waals surface area contributed by atoms with Crippen LogP contribution >= 0.6 is 11.6 Å². The minimum absolute atomic E-state index is 0.133. The van der Waals surface area contributed by atoms with Gasteiger partial charge in [0.05, 0.1) is 31.5 Å². The molecule has 6 nitrogen and oxygen atoms in total. The van der Waals surface area contributed by atoms with Crippen molar-refractivity contribution in [3.05, 3.63) is 53.1 Å². The molecule has 1 heterocycles. The summed E-state index contributed by atoms with van der Waals surface area (Å²) in [5, 5.41) is 0.749. The fraction of sp³-hybridized carbons (Fsp3) is 0.409. The molecule has 1 aliphatic heterocycles. The molecule has 1 fully saturated rings. The van der Waals surface area contributed by atoms with Gasteiger partial charge in [-0.1, -0.05) is 35.9 Å². The van der Waals surface area contributed by atoms with Crippen LogP contribution in [0.4, 0.5) is 5.69 Å². The van der Waals surface area contributed by atoms with Crippen molar-refractivity contribution in [3.8, 4) is 11.5 Å². The summed E-state index contributed by atoms with van der Waals surface area (Å²) in [6, 6.07) is 13.6. The lowest BCUT2D eigenvalue weighted by Gasteiger charge is -2.37. The molecule has 3 rings (SSSR count). The molecule has 0 N–H and O–H groups in total. The Kier molecular flexibility index (Phi) is 7.23. The highest BCUT2D eigenvalue weighted by atomic mass is 35.5.